The molecule has 0 radical (unpaired) electrons. The van der Waals surface area contributed by atoms with Crippen molar-refractivity contribution in [3.05, 3.63) is 59.7 Å². The number of hydrogen-bond acceptors (Lipinski definition) is 4. The molecule has 0 spiro atoms. The summed E-state index contributed by atoms with van der Waals surface area (Å²) >= 11 is 0. The van der Waals surface area contributed by atoms with Gasteiger partial charge < -0.3 is 20.1 Å². The minimum atomic E-state index is -0.886. The van der Waals surface area contributed by atoms with Gasteiger partial charge in [0.05, 0.1) is 0 Å². The van der Waals surface area contributed by atoms with Crippen molar-refractivity contribution in [2.75, 3.05) is 19.7 Å². The lowest BCUT2D eigenvalue weighted by Crippen LogP contribution is -2.49. The van der Waals surface area contributed by atoms with E-state index in [4.69, 9.17) is 9.84 Å². The number of carbonyl (C=O) groups is 3. The van der Waals surface area contributed by atoms with E-state index < -0.39 is 18.1 Å². The highest BCUT2D eigenvalue weighted by Crippen LogP contribution is 2.44. The summed E-state index contributed by atoms with van der Waals surface area (Å²) in [6, 6.07) is 15.6. The van der Waals surface area contributed by atoms with E-state index >= 15 is 0 Å². The van der Waals surface area contributed by atoms with Crippen molar-refractivity contribution in [1.29, 1.82) is 0 Å². The number of rotatable bonds is 12. The summed E-state index contributed by atoms with van der Waals surface area (Å²) in [5, 5.41) is 11.6. The van der Waals surface area contributed by atoms with Crippen LogP contribution in [0.15, 0.2) is 48.5 Å². The minimum absolute atomic E-state index is 0.00319. The molecule has 2 aromatic carbocycles. The van der Waals surface area contributed by atoms with Gasteiger partial charge in [-0.3, -0.25) is 9.59 Å². The summed E-state index contributed by atoms with van der Waals surface area (Å²) < 4.78 is 5.63. The molecule has 3 rings (SSSR count). The average molecular weight is 467 g/mol. The molecule has 0 unspecified atom stereocenters. The SMILES string of the molecule is CCCC[C@H](NC(=O)OCC1c2ccccc2-c2ccccc21)C(=O)N(CC)CCCC(=O)O. The zero-order valence-electron chi connectivity index (χ0n) is 20.0. The summed E-state index contributed by atoms with van der Waals surface area (Å²) in [4.78, 5) is 38.2. The first-order valence-corrected chi connectivity index (χ1v) is 12.1. The van der Waals surface area contributed by atoms with Gasteiger partial charge in [-0.1, -0.05) is 68.3 Å². The lowest BCUT2D eigenvalue weighted by Gasteiger charge is -2.27. The summed E-state index contributed by atoms with van der Waals surface area (Å²) in [5.74, 6) is -1.14. The lowest BCUT2D eigenvalue weighted by atomic mass is 9.98. The van der Waals surface area contributed by atoms with Crippen LogP contribution in [0.1, 0.15) is 63.0 Å². The van der Waals surface area contributed by atoms with Crippen LogP contribution in [-0.4, -0.2) is 53.7 Å². The molecule has 2 N–H and O–H groups in total. The number of hydrogen-bond donors (Lipinski definition) is 2. The van der Waals surface area contributed by atoms with Gasteiger partial charge in [0.15, 0.2) is 0 Å². The van der Waals surface area contributed by atoms with Crippen LogP contribution in [-0.2, 0) is 14.3 Å². The molecule has 0 saturated heterocycles. The van der Waals surface area contributed by atoms with Gasteiger partial charge in [0.1, 0.15) is 12.6 Å². The van der Waals surface area contributed by atoms with Gasteiger partial charge >= 0.3 is 12.1 Å². The number of ether oxygens (including phenoxy) is 1. The Kier molecular flexibility index (Phi) is 9.08. The molecule has 1 aliphatic rings. The maximum Gasteiger partial charge on any atom is 0.407 e. The molecule has 2 aromatic rings. The molecule has 1 aliphatic carbocycles. The number of nitrogens with zero attached hydrogens (tertiary/aromatic N) is 1. The predicted octanol–water partition coefficient (Wildman–Crippen LogP) is 4.80. The Balaban J connectivity index is 1.64. The molecule has 7 heteroatoms. The first kappa shape index (κ1) is 25.3. The number of carboxylic acid groups (broad SMARTS) is 1. The minimum Gasteiger partial charge on any atom is -0.481 e. The smallest absolute Gasteiger partial charge is 0.407 e. The fraction of sp³-hybridized carbons (Fsp3) is 0.444. The van der Waals surface area contributed by atoms with E-state index in [1.807, 2.05) is 38.1 Å². The van der Waals surface area contributed by atoms with Gasteiger partial charge in [-0.05, 0) is 42.0 Å². The number of carbonyl (C=O) groups excluding carboxylic acids is 2. The first-order chi connectivity index (χ1) is 16.5. The third-order valence-electron chi connectivity index (χ3n) is 6.29. The second-order valence-corrected chi connectivity index (χ2v) is 8.58. The Hall–Kier alpha value is -3.35. The number of amides is 2. The van der Waals surface area contributed by atoms with Crippen LogP contribution in [0, 0.1) is 0 Å². The number of carboxylic acids is 1. The molecule has 0 fully saturated rings. The van der Waals surface area contributed by atoms with Crippen molar-refractivity contribution in [1.82, 2.24) is 10.2 Å². The maximum atomic E-state index is 13.1. The van der Waals surface area contributed by atoms with Crippen molar-refractivity contribution in [3.8, 4) is 11.1 Å². The number of nitrogens with one attached hydrogen (secondary N) is 1. The number of fused-ring (bicyclic) bond motifs is 3. The van der Waals surface area contributed by atoms with Gasteiger partial charge in [-0.2, -0.15) is 0 Å². The van der Waals surface area contributed by atoms with E-state index in [1.165, 1.54) is 0 Å². The molecule has 7 nitrogen and oxygen atoms in total. The summed E-state index contributed by atoms with van der Waals surface area (Å²) in [6.07, 6.45) is 1.95. The van der Waals surface area contributed by atoms with Crippen LogP contribution in [0.5, 0.6) is 0 Å². The zero-order valence-corrected chi connectivity index (χ0v) is 20.0. The third-order valence-corrected chi connectivity index (χ3v) is 6.29. The van der Waals surface area contributed by atoms with Crippen LogP contribution in [0.2, 0.25) is 0 Å². The number of benzene rings is 2. The quantitative estimate of drug-likeness (QED) is 0.469. The van der Waals surface area contributed by atoms with Crippen molar-refractivity contribution >= 4 is 18.0 Å². The van der Waals surface area contributed by atoms with Crippen LogP contribution < -0.4 is 5.32 Å². The molecule has 0 aliphatic heterocycles. The van der Waals surface area contributed by atoms with E-state index in [0.29, 0.717) is 25.9 Å². The Morgan fingerprint density at radius 3 is 2.18 bits per heavy atom. The number of aliphatic carboxylic acids is 1. The fourth-order valence-electron chi connectivity index (χ4n) is 4.51. The standard InChI is InChI=1S/C27H34N2O5/c1-3-5-15-24(26(32)29(4-2)17-10-16-25(30)31)28-27(33)34-18-23-21-13-8-6-11-19(21)20-12-7-9-14-22(20)23/h6-9,11-14,23-24H,3-5,10,15-18H2,1-2H3,(H,28,33)(H,30,31)/t24-/m0/s1. The van der Waals surface area contributed by atoms with E-state index in [1.54, 1.807) is 4.90 Å². The highest BCUT2D eigenvalue weighted by molar-refractivity contribution is 5.86. The van der Waals surface area contributed by atoms with E-state index in [-0.39, 0.29) is 24.9 Å². The van der Waals surface area contributed by atoms with E-state index in [0.717, 1.165) is 35.1 Å². The molecule has 182 valence electrons. The van der Waals surface area contributed by atoms with Crippen LogP contribution in [0.25, 0.3) is 11.1 Å². The van der Waals surface area contributed by atoms with Crippen molar-refractivity contribution in [3.63, 3.8) is 0 Å². The molecule has 0 saturated carbocycles. The van der Waals surface area contributed by atoms with Crippen molar-refractivity contribution in [2.24, 2.45) is 0 Å². The highest BCUT2D eigenvalue weighted by atomic mass is 16.5. The monoisotopic (exact) mass is 466 g/mol. The van der Waals surface area contributed by atoms with Gasteiger partial charge in [0.25, 0.3) is 0 Å². The van der Waals surface area contributed by atoms with Gasteiger partial charge in [0, 0.05) is 25.4 Å². The average Bonchev–Trinajstić information content (AvgIpc) is 3.16. The summed E-state index contributed by atoms with van der Waals surface area (Å²) in [6.45, 7) is 4.86. The van der Waals surface area contributed by atoms with Crippen molar-refractivity contribution < 1.29 is 24.2 Å². The zero-order chi connectivity index (χ0) is 24.5. The van der Waals surface area contributed by atoms with Crippen molar-refractivity contribution in [2.45, 2.75) is 57.9 Å². The predicted molar refractivity (Wildman–Crippen MR) is 131 cm³/mol. The normalized spacial score (nSPS) is 13.0. The summed E-state index contributed by atoms with van der Waals surface area (Å²) in [5.41, 5.74) is 4.57. The third kappa shape index (κ3) is 6.16. The molecule has 2 amide bonds. The van der Waals surface area contributed by atoms with Gasteiger partial charge in [0.2, 0.25) is 5.91 Å². The van der Waals surface area contributed by atoms with Crippen LogP contribution in [0.3, 0.4) is 0 Å². The lowest BCUT2D eigenvalue weighted by molar-refractivity contribution is -0.138. The Labute approximate surface area is 201 Å². The highest BCUT2D eigenvalue weighted by Gasteiger charge is 2.30. The largest absolute Gasteiger partial charge is 0.481 e. The Morgan fingerprint density at radius 2 is 1.62 bits per heavy atom. The Morgan fingerprint density at radius 1 is 1.00 bits per heavy atom. The second kappa shape index (κ2) is 12.2. The van der Waals surface area contributed by atoms with Gasteiger partial charge in [-0.15, -0.1) is 0 Å². The topological polar surface area (TPSA) is 95.9 Å². The molecular weight excluding hydrogens is 432 g/mol. The molecule has 0 bridgehead atoms. The molecular formula is C27H34N2O5. The van der Waals surface area contributed by atoms with Gasteiger partial charge in [-0.25, -0.2) is 4.79 Å². The maximum absolute atomic E-state index is 13.1. The Bertz CT molecular complexity index is 961. The second-order valence-electron chi connectivity index (χ2n) is 8.58. The molecule has 0 aromatic heterocycles. The van der Waals surface area contributed by atoms with Crippen LogP contribution in [0.4, 0.5) is 4.79 Å². The van der Waals surface area contributed by atoms with Crippen LogP contribution >= 0.6 is 0 Å². The first-order valence-electron chi connectivity index (χ1n) is 12.1. The molecule has 0 heterocycles. The fourth-order valence-corrected chi connectivity index (χ4v) is 4.51. The number of likely N-dealkylation sites (N-methyl/N-ethyl adjacent to an activating group) is 1. The van der Waals surface area contributed by atoms with E-state index in [9.17, 15) is 14.4 Å². The molecule has 1 atom stereocenters. The molecule has 34 heavy (non-hydrogen) atoms. The number of unbranched alkanes of at least 4 members (excludes halogenated alkanes) is 1. The van der Waals surface area contributed by atoms with E-state index in [2.05, 4.69) is 29.6 Å². The summed E-state index contributed by atoms with van der Waals surface area (Å²) in [7, 11) is 0. The number of alkyl carbamates (subject to hydrolysis) is 1.